The van der Waals surface area contributed by atoms with Crippen molar-refractivity contribution in [1.29, 1.82) is 0 Å². The first kappa shape index (κ1) is 21.2. The van der Waals surface area contributed by atoms with Crippen LogP contribution < -0.4 is 10.6 Å². The fraction of sp³-hybridized carbons (Fsp3) is 0.611. The zero-order chi connectivity index (χ0) is 15.2. The topological polar surface area (TPSA) is 44.4 Å². The average molecular weight is 374 g/mol. The van der Waals surface area contributed by atoms with E-state index in [1.54, 1.807) is 0 Å². The van der Waals surface area contributed by atoms with Gasteiger partial charge < -0.3 is 15.5 Å². The van der Waals surface area contributed by atoms with E-state index in [1.165, 1.54) is 31.5 Å². The minimum absolute atomic E-state index is 0. The first-order valence-corrected chi connectivity index (χ1v) is 8.64. The summed E-state index contributed by atoms with van der Waals surface area (Å²) in [6.45, 7) is 5.57. The second kappa shape index (κ2) is 10.9. The minimum atomic E-state index is 0. The van der Waals surface area contributed by atoms with Crippen LogP contribution in [0.25, 0.3) is 0 Å². The maximum atomic E-state index is 12.2. The maximum absolute atomic E-state index is 12.2. The van der Waals surface area contributed by atoms with E-state index in [9.17, 15) is 4.79 Å². The molecule has 136 valence electrons. The van der Waals surface area contributed by atoms with Gasteiger partial charge in [-0.15, -0.1) is 24.8 Å². The number of likely N-dealkylation sites (tertiary alicyclic amines) is 1. The summed E-state index contributed by atoms with van der Waals surface area (Å²) in [5.74, 6) is 0.336. The Morgan fingerprint density at radius 3 is 2.33 bits per heavy atom. The van der Waals surface area contributed by atoms with E-state index >= 15 is 0 Å². The molecule has 1 aromatic carbocycles. The van der Waals surface area contributed by atoms with Crippen molar-refractivity contribution < 1.29 is 4.79 Å². The lowest BCUT2D eigenvalue weighted by Gasteiger charge is -2.21. The number of rotatable bonds is 5. The Morgan fingerprint density at radius 2 is 1.71 bits per heavy atom. The molecule has 0 bridgehead atoms. The fourth-order valence-corrected chi connectivity index (χ4v) is 3.38. The lowest BCUT2D eigenvalue weighted by Crippen LogP contribution is -2.34. The number of piperidine rings is 1. The van der Waals surface area contributed by atoms with Gasteiger partial charge in [0.1, 0.15) is 0 Å². The highest BCUT2D eigenvalue weighted by Crippen LogP contribution is 2.17. The van der Waals surface area contributed by atoms with Crippen molar-refractivity contribution in [3.05, 3.63) is 29.8 Å². The fourth-order valence-electron chi connectivity index (χ4n) is 3.38. The summed E-state index contributed by atoms with van der Waals surface area (Å²) in [6, 6.07) is 8.37. The molecule has 2 fully saturated rings. The highest BCUT2D eigenvalue weighted by atomic mass is 35.5. The van der Waals surface area contributed by atoms with Crippen LogP contribution in [0, 0.1) is 5.92 Å². The largest absolute Gasteiger partial charge is 0.326 e. The lowest BCUT2D eigenvalue weighted by atomic mass is 9.97. The molecular formula is C18H29Cl2N3O. The standard InChI is InChI=1S/C18H27N3O.2ClH/c22-18(16-7-10-19-11-8-16)20-17-5-3-15(4-6-17)9-14-21-12-1-2-13-21;;/h3-6,16,19H,1-2,7-14H2,(H,20,22);2*1H. The SMILES string of the molecule is Cl.Cl.O=C(Nc1ccc(CCN2CCCC2)cc1)C1CCNCC1. The number of hydrogen-bond donors (Lipinski definition) is 2. The molecule has 0 saturated carbocycles. The number of nitrogens with one attached hydrogen (secondary N) is 2. The third-order valence-electron chi connectivity index (χ3n) is 4.85. The lowest BCUT2D eigenvalue weighted by molar-refractivity contribution is -0.120. The molecule has 3 rings (SSSR count). The molecule has 0 radical (unpaired) electrons. The quantitative estimate of drug-likeness (QED) is 0.833. The molecule has 2 aliphatic heterocycles. The van der Waals surface area contributed by atoms with Gasteiger partial charge in [-0.2, -0.15) is 0 Å². The molecule has 0 aromatic heterocycles. The molecule has 1 aromatic rings. The zero-order valence-corrected chi connectivity index (χ0v) is 15.8. The van der Waals surface area contributed by atoms with Crippen LogP contribution in [0.1, 0.15) is 31.2 Å². The van der Waals surface area contributed by atoms with Crippen LogP contribution in [0.4, 0.5) is 5.69 Å². The van der Waals surface area contributed by atoms with E-state index in [1.807, 2.05) is 12.1 Å². The van der Waals surface area contributed by atoms with Crippen LogP contribution in [-0.4, -0.2) is 43.5 Å². The Kier molecular flexibility index (Phi) is 9.67. The van der Waals surface area contributed by atoms with E-state index < -0.39 is 0 Å². The Bertz CT molecular complexity index is 484. The van der Waals surface area contributed by atoms with E-state index in [2.05, 4.69) is 27.7 Å². The summed E-state index contributed by atoms with van der Waals surface area (Å²) in [7, 11) is 0. The Balaban J connectivity index is 0.00000144. The number of hydrogen-bond acceptors (Lipinski definition) is 3. The third-order valence-corrected chi connectivity index (χ3v) is 4.85. The molecule has 2 N–H and O–H groups in total. The third kappa shape index (κ3) is 6.25. The molecule has 0 aliphatic carbocycles. The number of carbonyl (C=O) groups excluding carboxylic acids is 1. The van der Waals surface area contributed by atoms with Crippen LogP contribution in [0.5, 0.6) is 0 Å². The molecule has 1 amide bonds. The number of anilines is 1. The van der Waals surface area contributed by atoms with E-state index in [-0.39, 0.29) is 36.6 Å². The molecule has 2 saturated heterocycles. The normalized spacial score (nSPS) is 18.5. The second-order valence-corrected chi connectivity index (χ2v) is 6.51. The molecule has 2 heterocycles. The summed E-state index contributed by atoms with van der Waals surface area (Å²) in [4.78, 5) is 14.7. The van der Waals surface area contributed by atoms with Crippen molar-refractivity contribution in [2.45, 2.75) is 32.1 Å². The van der Waals surface area contributed by atoms with Gasteiger partial charge in [-0.3, -0.25) is 4.79 Å². The molecule has 24 heavy (non-hydrogen) atoms. The molecular weight excluding hydrogens is 345 g/mol. The van der Waals surface area contributed by atoms with Crippen LogP contribution in [0.15, 0.2) is 24.3 Å². The number of halogens is 2. The summed E-state index contributed by atoms with van der Waals surface area (Å²) in [6.07, 6.45) is 5.69. The van der Waals surface area contributed by atoms with Gasteiger partial charge in [0.05, 0.1) is 0 Å². The first-order chi connectivity index (χ1) is 10.8. The molecule has 0 atom stereocenters. The van der Waals surface area contributed by atoms with Crippen molar-refractivity contribution in [2.24, 2.45) is 5.92 Å². The van der Waals surface area contributed by atoms with Crippen LogP contribution in [0.2, 0.25) is 0 Å². The van der Waals surface area contributed by atoms with Gasteiger partial charge in [-0.25, -0.2) is 0 Å². The monoisotopic (exact) mass is 373 g/mol. The number of benzene rings is 1. The maximum Gasteiger partial charge on any atom is 0.227 e. The van der Waals surface area contributed by atoms with Gasteiger partial charge in [-0.1, -0.05) is 12.1 Å². The minimum Gasteiger partial charge on any atom is -0.326 e. The molecule has 0 spiro atoms. The number of nitrogens with zero attached hydrogens (tertiary/aromatic N) is 1. The Hall–Kier alpha value is -0.810. The predicted octanol–water partition coefficient (Wildman–Crippen LogP) is 3.11. The van der Waals surface area contributed by atoms with E-state index in [0.717, 1.165) is 44.6 Å². The number of amides is 1. The summed E-state index contributed by atoms with van der Waals surface area (Å²) < 4.78 is 0. The summed E-state index contributed by atoms with van der Waals surface area (Å²) in [5, 5.41) is 6.35. The Morgan fingerprint density at radius 1 is 1.08 bits per heavy atom. The molecule has 6 heteroatoms. The van der Waals surface area contributed by atoms with Crippen molar-refractivity contribution in [1.82, 2.24) is 10.2 Å². The van der Waals surface area contributed by atoms with Crippen molar-refractivity contribution >= 4 is 36.4 Å². The summed E-state index contributed by atoms with van der Waals surface area (Å²) >= 11 is 0. The smallest absolute Gasteiger partial charge is 0.227 e. The van der Waals surface area contributed by atoms with Gasteiger partial charge in [-0.05, 0) is 76.0 Å². The summed E-state index contributed by atoms with van der Waals surface area (Å²) in [5.41, 5.74) is 2.28. The van der Waals surface area contributed by atoms with Crippen molar-refractivity contribution in [3.63, 3.8) is 0 Å². The van der Waals surface area contributed by atoms with Gasteiger partial charge in [0.2, 0.25) is 5.91 Å². The van der Waals surface area contributed by atoms with Crippen LogP contribution >= 0.6 is 24.8 Å². The predicted molar refractivity (Wildman–Crippen MR) is 105 cm³/mol. The first-order valence-electron chi connectivity index (χ1n) is 8.64. The van der Waals surface area contributed by atoms with Gasteiger partial charge in [0.25, 0.3) is 0 Å². The van der Waals surface area contributed by atoms with Crippen LogP contribution in [-0.2, 0) is 11.2 Å². The van der Waals surface area contributed by atoms with Gasteiger partial charge in [0, 0.05) is 18.2 Å². The van der Waals surface area contributed by atoms with Crippen molar-refractivity contribution in [3.8, 4) is 0 Å². The van der Waals surface area contributed by atoms with Crippen molar-refractivity contribution in [2.75, 3.05) is 38.0 Å². The van der Waals surface area contributed by atoms with E-state index in [0.29, 0.717) is 0 Å². The van der Waals surface area contributed by atoms with E-state index in [4.69, 9.17) is 0 Å². The zero-order valence-electron chi connectivity index (χ0n) is 14.1. The molecule has 2 aliphatic rings. The average Bonchev–Trinajstić information content (AvgIpc) is 3.08. The highest BCUT2D eigenvalue weighted by molar-refractivity contribution is 5.92. The Labute approximate surface area is 157 Å². The van der Waals surface area contributed by atoms with Gasteiger partial charge >= 0.3 is 0 Å². The highest BCUT2D eigenvalue weighted by Gasteiger charge is 2.20. The van der Waals surface area contributed by atoms with Gasteiger partial charge in [0.15, 0.2) is 0 Å². The molecule has 4 nitrogen and oxygen atoms in total. The molecule has 0 unspecified atom stereocenters. The second-order valence-electron chi connectivity index (χ2n) is 6.51. The number of carbonyl (C=O) groups is 1. The van der Waals surface area contributed by atoms with Crippen LogP contribution in [0.3, 0.4) is 0 Å².